The highest BCUT2D eigenvalue weighted by atomic mass is 32.2. The van der Waals surface area contributed by atoms with Gasteiger partial charge in [0.2, 0.25) is 0 Å². The number of aromatic amines is 1. The lowest BCUT2D eigenvalue weighted by Crippen LogP contribution is -2.13. The predicted octanol–water partition coefficient (Wildman–Crippen LogP) is 5.81. The fourth-order valence-electron chi connectivity index (χ4n) is 4.86. The zero-order valence-corrected chi connectivity index (χ0v) is 21.2. The minimum Gasteiger partial charge on any atom is -0.336 e. The average molecular weight is 495 g/mol. The standard InChI is InChI=1S/C27H31FN4O2S/c1-27(2,3)24-8-4-7-21(29-24)18-9-10-19(14-18)23-15-25(32-31-23)30-22-12-11-17-6-5-13-35(33,34)16-20(17)26(22)28/h4,7-8,11-12,14-15,19H,5-6,9-10,13,16H2,1-3H3,(H2,30,31,32). The predicted molar refractivity (Wildman–Crippen MR) is 137 cm³/mol. The molecular weight excluding hydrogens is 463 g/mol. The maximum Gasteiger partial charge on any atom is 0.154 e. The van der Waals surface area contributed by atoms with Gasteiger partial charge in [0.05, 0.1) is 22.9 Å². The summed E-state index contributed by atoms with van der Waals surface area (Å²) in [7, 11) is -3.29. The van der Waals surface area contributed by atoms with E-state index in [1.807, 2.05) is 12.1 Å². The fraction of sp³-hybridized carbons (Fsp3) is 0.407. The number of halogens is 1. The molecule has 0 fully saturated rings. The Balaban J connectivity index is 1.35. The minimum absolute atomic E-state index is 0.00616. The summed E-state index contributed by atoms with van der Waals surface area (Å²) >= 11 is 0. The molecule has 0 spiro atoms. The third-order valence-electron chi connectivity index (χ3n) is 6.84. The number of sulfone groups is 1. The van der Waals surface area contributed by atoms with Crippen molar-refractivity contribution in [3.8, 4) is 0 Å². The smallest absolute Gasteiger partial charge is 0.154 e. The highest BCUT2D eigenvalue weighted by molar-refractivity contribution is 7.90. The van der Waals surface area contributed by atoms with Gasteiger partial charge in [-0.3, -0.25) is 10.1 Å². The van der Waals surface area contributed by atoms with Crippen molar-refractivity contribution in [2.45, 2.75) is 63.5 Å². The summed E-state index contributed by atoms with van der Waals surface area (Å²) in [5.41, 5.74) is 5.54. The van der Waals surface area contributed by atoms with Crippen LogP contribution >= 0.6 is 0 Å². The van der Waals surface area contributed by atoms with Crippen LogP contribution in [0.15, 0.2) is 42.5 Å². The first kappa shape index (κ1) is 23.7. The number of allylic oxidation sites excluding steroid dienone is 2. The van der Waals surface area contributed by atoms with Crippen molar-refractivity contribution in [2.75, 3.05) is 11.1 Å². The number of pyridine rings is 1. The number of aromatic nitrogens is 3. The van der Waals surface area contributed by atoms with Crippen molar-refractivity contribution in [1.82, 2.24) is 15.2 Å². The van der Waals surface area contributed by atoms with Gasteiger partial charge < -0.3 is 5.32 Å². The number of hydrogen-bond acceptors (Lipinski definition) is 5. The molecular formula is C27H31FN4O2S. The molecule has 3 aromatic rings. The zero-order chi connectivity index (χ0) is 24.8. The van der Waals surface area contributed by atoms with Crippen LogP contribution in [0.2, 0.25) is 0 Å². The van der Waals surface area contributed by atoms with E-state index in [4.69, 9.17) is 4.98 Å². The zero-order valence-electron chi connectivity index (χ0n) is 20.4. The number of rotatable bonds is 4. The first-order chi connectivity index (χ1) is 16.6. The Morgan fingerprint density at radius 1 is 1.14 bits per heavy atom. The number of hydrogen-bond donors (Lipinski definition) is 2. The van der Waals surface area contributed by atoms with Crippen LogP contribution in [-0.4, -0.2) is 29.4 Å². The molecule has 1 aromatic carbocycles. The fourth-order valence-corrected chi connectivity index (χ4v) is 6.34. The van der Waals surface area contributed by atoms with Gasteiger partial charge in [-0.1, -0.05) is 39.0 Å². The molecule has 5 rings (SSSR count). The summed E-state index contributed by atoms with van der Waals surface area (Å²) in [4.78, 5) is 4.89. The van der Waals surface area contributed by atoms with Crippen molar-refractivity contribution in [1.29, 1.82) is 0 Å². The van der Waals surface area contributed by atoms with Crippen LogP contribution in [0.25, 0.3) is 5.57 Å². The number of fused-ring (bicyclic) bond motifs is 1. The second-order valence-corrected chi connectivity index (χ2v) is 12.8. The molecule has 3 heterocycles. The van der Waals surface area contributed by atoms with Gasteiger partial charge >= 0.3 is 0 Å². The Hall–Kier alpha value is -3.00. The van der Waals surface area contributed by atoms with Gasteiger partial charge in [0.1, 0.15) is 0 Å². The Morgan fingerprint density at radius 2 is 1.97 bits per heavy atom. The van der Waals surface area contributed by atoms with Crippen molar-refractivity contribution < 1.29 is 12.8 Å². The monoisotopic (exact) mass is 494 g/mol. The average Bonchev–Trinajstić information content (AvgIpc) is 3.44. The van der Waals surface area contributed by atoms with Gasteiger partial charge in [-0.05, 0) is 55.0 Å². The number of nitrogens with one attached hydrogen (secondary N) is 2. The second-order valence-electron chi connectivity index (χ2n) is 10.6. The first-order valence-electron chi connectivity index (χ1n) is 12.1. The van der Waals surface area contributed by atoms with Crippen LogP contribution < -0.4 is 5.32 Å². The summed E-state index contributed by atoms with van der Waals surface area (Å²) in [6, 6.07) is 11.6. The summed E-state index contributed by atoms with van der Waals surface area (Å²) in [6.07, 6.45) is 5.21. The van der Waals surface area contributed by atoms with E-state index >= 15 is 4.39 Å². The molecule has 2 aromatic heterocycles. The highest BCUT2D eigenvalue weighted by Crippen LogP contribution is 2.38. The molecule has 6 nitrogen and oxygen atoms in total. The van der Waals surface area contributed by atoms with Gasteiger partial charge in [0.25, 0.3) is 0 Å². The van der Waals surface area contributed by atoms with Crippen molar-refractivity contribution in [3.05, 3.63) is 76.5 Å². The van der Waals surface area contributed by atoms with E-state index < -0.39 is 15.7 Å². The van der Waals surface area contributed by atoms with Crippen LogP contribution in [0.5, 0.6) is 0 Å². The number of H-pyrrole nitrogens is 1. The molecule has 1 unspecified atom stereocenters. The lowest BCUT2D eigenvalue weighted by Gasteiger charge is -2.18. The largest absolute Gasteiger partial charge is 0.336 e. The van der Waals surface area contributed by atoms with E-state index in [9.17, 15) is 8.42 Å². The summed E-state index contributed by atoms with van der Waals surface area (Å²) < 4.78 is 39.6. The lowest BCUT2D eigenvalue weighted by atomic mass is 9.91. The third-order valence-corrected chi connectivity index (χ3v) is 8.48. The quantitative estimate of drug-likeness (QED) is 0.478. The van der Waals surface area contributed by atoms with Crippen LogP contribution in [0.4, 0.5) is 15.9 Å². The SMILES string of the molecule is CC(C)(C)c1cccc(C2=CC(c3cc(Nc4ccc5c(c4F)CS(=O)(=O)CCC5)n[nH]3)CC2)n1. The number of nitrogens with zero attached hydrogens (tertiary/aromatic N) is 2. The van der Waals surface area contributed by atoms with E-state index in [0.717, 1.165) is 35.5 Å². The summed E-state index contributed by atoms with van der Waals surface area (Å²) in [5, 5.41) is 10.5. The molecule has 0 saturated carbocycles. The summed E-state index contributed by atoms with van der Waals surface area (Å²) in [5.74, 6) is 0.0142. The van der Waals surface area contributed by atoms with Crippen molar-refractivity contribution in [2.24, 2.45) is 0 Å². The summed E-state index contributed by atoms with van der Waals surface area (Å²) in [6.45, 7) is 6.49. The van der Waals surface area contributed by atoms with Gasteiger partial charge in [0, 0.05) is 34.4 Å². The van der Waals surface area contributed by atoms with Crippen molar-refractivity contribution in [3.63, 3.8) is 0 Å². The Bertz CT molecular complexity index is 1400. The van der Waals surface area contributed by atoms with Crippen LogP contribution in [-0.2, 0) is 27.4 Å². The Labute approximate surface area is 206 Å². The maximum absolute atomic E-state index is 15.2. The van der Waals surface area contributed by atoms with Crippen LogP contribution in [0, 0.1) is 5.82 Å². The topological polar surface area (TPSA) is 87.7 Å². The molecule has 0 bridgehead atoms. The second kappa shape index (κ2) is 8.90. The van der Waals surface area contributed by atoms with E-state index in [1.54, 1.807) is 6.07 Å². The van der Waals surface area contributed by atoms with Gasteiger partial charge in [0.15, 0.2) is 21.5 Å². The van der Waals surface area contributed by atoms with Gasteiger partial charge in [-0.15, -0.1) is 0 Å². The third kappa shape index (κ3) is 5.03. The van der Waals surface area contributed by atoms with E-state index in [2.05, 4.69) is 60.6 Å². The molecule has 8 heteroatoms. The van der Waals surface area contributed by atoms with Gasteiger partial charge in [-0.2, -0.15) is 5.10 Å². The molecule has 35 heavy (non-hydrogen) atoms. The normalized spacial score (nSPS) is 19.7. The van der Waals surface area contributed by atoms with Crippen LogP contribution in [0.1, 0.15) is 74.2 Å². The lowest BCUT2D eigenvalue weighted by molar-refractivity contribution is 0.568. The molecule has 0 saturated heterocycles. The van der Waals surface area contributed by atoms with Crippen molar-refractivity contribution >= 4 is 26.9 Å². The molecule has 2 N–H and O–H groups in total. The highest BCUT2D eigenvalue weighted by Gasteiger charge is 2.25. The van der Waals surface area contributed by atoms with Crippen LogP contribution in [0.3, 0.4) is 0 Å². The molecule has 1 aliphatic heterocycles. The molecule has 0 amide bonds. The number of aryl methyl sites for hydroxylation is 1. The maximum atomic E-state index is 15.2. The molecule has 0 radical (unpaired) electrons. The van der Waals surface area contributed by atoms with E-state index in [1.165, 1.54) is 5.57 Å². The number of benzene rings is 1. The molecule has 1 atom stereocenters. The minimum atomic E-state index is -3.29. The molecule has 184 valence electrons. The van der Waals surface area contributed by atoms with E-state index in [-0.39, 0.29) is 34.1 Å². The van der Waals surface area contributed by atoms with Gasteiger partial charge in [-0.25, -0.2) is 12.8 Å². The van der Waals surface area contributed by atoms with E-state index in [0.29, 0.717) is 18.7 Å². The molecule has 1 aliphatic carbocycles. The Kier molecular flexibility index (Phi) is 6.03. The Morgan fingerprint density at radius 3 is 2.77 bits per heavy atom. The number of anilines is 2. The molecule has 2 aliphatic rings. The first-order valence-corrected chi connectivity index (χ1v) is 13.9.